The lowest BCUT2D eigenvalue weighted by Crippen LogP contribution is -2.13. The highest BCUT2D eigenvalue weighted by atomic mass is 32.2. The number of nitrogens with one attached hydrogen (secondary N) is 1. The van der Waals surface area contributed by atoms with Gasteiger partial charge in [-0.15, -0.1) is 11.8 Å². The first-order valence-corrected chi connectivity index (χ1v) is 8.59. The van der Waals surface area contributed by atoms with Crippen molar-refractivity contribution >= 4 is 11.8 Å². The van der Waals surface area contributed by atoms with Gasteiger partial charge in [0.25, 0.3) is 0 Å². The third kappa shape index (κ3) is 5.44. The summed E-state index contributed by atoms with van der Waals surface area (Å²) >= 11 is 1.74. The van der Waals surface area contributed by atoms with Gasteiger partial charge in [0.05, 0.1) is 0 Å². The van der Waals surface area contributed by atoms with Crippen molar-refractivity contribution in [3.63, 3.8) is 0 Å². The van der Waals surface area contributed by atoms with Crippen LogP contribution >= 0.6 is 11.8 Å². The van der Waals surface area contributed by atoms with Crippen molar-refractivity contribution in [1.29, 1.82) is 0 Å². The van der Waals surface area contributed by atoms with E-state index >= 15 is 0 Å². The standard InChI is InChI=1S/C18H23NOS/c1-3-12-19-13-15-4-6-16(7-5-15)14-20-17-8-10-18(21-2)11-9-17/h4-11,19H,3,12-14H2,1-2H3. The van der Waals surface area contributed by atoms with Crippen molar-refractivity contribution in [2.24, 2.45) is 0 Å². The van der Waals surface area contributed by atoms with Gasteiger partial charge in [0.15, 0.2) is 0 Å². The lowest BCUT2D eigenvalue weighted by atomic mass is 10.1. The second-order valence-electron chi connectivity index (χ2n) is 4.96. The molecule has 0 atom stereocenters. The van der Waals surface area contributed by atoms with Crippen LogP contribution in [0.2, 0.25) is 0 Å². The van der Waals surface area contributed by atoms with E-state index in [1.54, 1.807) is 11.8 Å². The highest BCUT2D eigenvalue weighted by Gasteiger charge is 1.98. The maximum absolute atomic E-state index is 5.81. The molecule has 2 nitrogen and oxygen atoms in total. The van der Waals surface area contributed by atoms with Crippen LogP contribution in [0.1, 0.15) is 24.5 Å². The van der Waals surface area contributed by atoms with Crippen LogP contribution in [-0.4, -0.2) is 12.8 Å². The zero-order valence-electron chi connectivity index (χ0n) is 12.8. The van der Waals surface area contributed by atoms with Crippen LogP contribution < -0.4 is 10.1 Å². The van der Waals surface area contributed by atoms with E-state index < -0.39 is 0 Å². The van der Waals surface area contributed by atoms with E-state index in [4.69, 9.17) is 4.74 Å². The summed E-state index contributed by atoms with van der Waals surface area (Å²) in [5, 5.41) is 3.41. The molecule has 1 N–H and O–H groups in total. The predicted octanol–water partition coefficient (Wildman–Crippen LogP) is 4.49. The Morgan fingerprint density at radius 3 is 2.24 bits per heavy atom. The monoisotopic (exact) mass is 301 g/mol. The van der Waals surface area contributed by atoms with Crippen LogP contribution in [0.5, 0.6) is 5.75 Å². The second kappa shape index (κ2) is 8.75. The molecular weight excluding hydrogens is 278 g/mol. The summed E-state index contributed by atoms with van der Waals surface area (Å²) in [6, 6.07) is 16.8. The molecule has 0 aliphatic heterocycles. The quantitative estimate of drug-likeness (QED) is 0.573. The molecule has 3 heteroatoms. The van der Waals surface area contributed by atoms with Crippen molar-refractivity contribution in [3.05, 3.63) is 59.7 Å². The van der Waals surface area contributed by atoms with Gasteiger partial charge < -0.3 is 10.1 Å². The van der Waals surface area contributed by atoms with Crippen molar-refractivity contribution in [1.82, 2.24) is 5.32 Å². The summed E-state index contributed by atoms with van der Waals surface area (Å²) in [4.78, 5) is 1.26. The highest BCUT2D eigenvalue weighted by Crippen LogP contribution is 2.19. The molecule has 0 saturated heterocycles. The number of hydrogen-bond donors (Lipinski definition) is 1. The van der Waals surface area contributed by atoms with Crippen LogP contribution in [0.15, 0.2) is 53.4 Å². The van der Waals surface area contributed by atoms with Gasteiger partial charge in [-0.1, -0.05) is 31.2 Å². The lowest BCUT2D eigenvalue weighted by Gasteiger charge is -2.08. The average molecular weight is 301 g/mol. The smallest absolute Gasteiger partial charge is 0.119 e. The summed E-state index contributed by atoms with van der Waals surface area (Å²) in [6.07, 6.45) is 3.24. The molecule has 0 radical (unpaired) electrons. The van der Waals surface area contributed by atoms with E-state index in [1.165, 1.54) is 22.4 Å². The minimum absolute atomic E-state index is 0.612. The molecule has 0 fully saturated rings. The molecule has 0 aromatic heterocycles. The van der Waals surface area contributed by atoms with E-state index in [9.17, 15) is 0 Å². The Labute approximate surface area is 131 Å². The Hall–Kier alpha value is -1.45. The van der Waals surface area contributed by atoms with Gasteiger partial charge in [-0.25, -0.2) is 0 Å². The summed E-state index contributed by atoms with van der Waals surface area (Å²) in [5.74, 6) is 0.918. The third-order valence-corrected chi connectivity index (χ3v) is 3.99. The SMILES string of the molecule is CCCNCc1ccc(COc2ccc(SC)cc2)cc1. The van der Waals surface area contributed by atoms with Crippen LogP contribution in [0.25, 0.3) is 0 Å². The van der Waals surface area contributed by atoms with E-state index in [1.807, 2.05) is 12.1 Å². The van der Waals surface area contributed by atoms with E-state index in [2.05, 4.69) is 54.9 Å². The van der Waals surface area contributed by atoms with Gasteiger partial charge in [0, 0.05) is 11.4 Å². The molecule has 21 heavy (non-hydrogen) atoms. The minimum Gasteiger partial charge on any atom is -0.489 e. The molecule has 0 spiro atoms. The predicted molar refractivity (Wildman–Crippen MR) is 91.0 cm³/mol. The minimum atomic E-state index is 0.612. The Kier molecular flexibility index (Phi) is 6.64. The fraction of sp³-hybridized carbons (Fsp3) is 0.333. The molecule has 0 unspecified atom stereocenters. The van der Waals surface area contributed by atoms with Gasteiger partial charge in [0.2, 0.25) is 0 Å². The topological polar surface area (TPSA) is 21.3 Å². The molecule has 0 bridgehead atoms. The van der Waals surface area contributed by atoms with Crippen molar-refractivity contribution in [2.75, 3.05) is 12.8 Å². The van der Waals surface area contributed by atoms with Crippen LogP contribution in [0.3, 0.4) is 0 Å². The number of benzene rings is 2. The molecule has 2 aromatic carbocycles. The van der Waals surface area contributed by atoms with Gasteiger partial charge in [-0.3, -0.25) is 0 Å². The number of hydrogen-bond acceptors (Lipinski definition) is 3. The van der Waals surface area contributed by atoms with Gasteiger partial charge in [0.1, 0.15) is 12.4 Å². The van der Waals surface area contributed by atoms with Gasteiger partial charge >= 0.3 is 0 Å². The maximum atomic E-state index is 5.81. The van der Waals surface area contributed by atoms with Crippen molar-refractivity contribution in [2.45, 2.75) is 31.4 Å². The number of ether oxygens (including phenoxy) is 1. The van der Waals surface area contributed by atoms with Gasteiger partial charge in [-0.05, 0) is 54.6 Å². The molecule has 112 valence electrons. The molecule has 2 rings (SSSR count). The van der Waals surface area contributed by atoms with E-state index in [-0.39, 0.29) is 0 Å². The van der Waals surface area contributed by atoms with Gasteiger partial charge in [-0.2, -0.15) is 0 Å². The van der Waals surface area contributed by atoms with Crippen LogP contribution in [-0.2, 0) is 13.2 Å². The number of thioether (sulfide) groups is 1. The maximum Gasteiger partial charge on any atom is 0.119 e. The fourth-order valence-corrected chi connectivity index (χ4v) is 2.41. The normalized spacial score (nSPS) is 10.6. The molecule has 0 saturated carbocycles. The van der Waals surface area contributed by atoms with E-state index in [0.29, 0.717) is 6.61 Å². The van der Waals surface area contributed by atoms with Crippen LogP contribution in [0, 0.1) is 0 Å². The Morgan fingerprint density at radius 1 is 0.952 bits per heavy atom. The molecule has 0 aliphatic rings. The lowest BCUT2D eigenvalue weighted by molar-refractivity contribution is 0.306. The largest absolute Gasteiger partial charge is 0.489 e. The molecular formula is C18H23NOS. The summed E-state index contributed by atoms with van der Waals surface area (Å²) in [7, 11) is 0. The summed E-state index contributed by atoms with van der Waals surface area (Å²) in [5.41, 5.74) is 2.51. The third-order valence-electron chi connectivity index (χ3n) is 3.24. The summed E-state index contributed by atoms with van der Waals surface area (Å²) in [6.45, 7) is 4.79. The van der Waals surface area contributed by atoms with E-state index in [0.717, 1.165) is 18.8 Å². The Balaban J connectivity index is 1.82. The van der Waals surface area contributed by atoms with Crippen LogP contribution in [0.4, 0.5) is 0 Å². The molecule has 0 aliphatic carbocycles. The summed E-state index contributed by atoms with van der Waals surface area (Å²) < 4.78 is 5.81. The Bertz CT molecular complexity index is 522. The first kappa shape index (κ1) is 15.9. The first-order valence-electron chi connectivity index (χ1n) is 7.37. The first-order chi connectivity index (χ1) is 10.3. The Morgan fingerprint density at radius 2 is 1.62 bits per heavy atom. The average Bonchev–Trinajstić information content (AvgIpc) is 2.55. The second-order valence-corrected chi connectivity index (χ2v) is 5.84. The molecule has 0 heterocycles. The van der Waals surface area contributed by atoms with Crippen molar-refractivity contribution in [3.8, 4) is 5.75 Å². The molecule has 2 aromatic rings. The highest BCUT2D eigenvalue weighted by molar-refractivity contribution is 7.98. The van der Waals surface area contributed by atoms with Crippen molar-refractivity contribution < 1.29 is 4.74 Å². The zero-order chi connectivity index (χ0) is 14.9. The molecule has 0 amide bonds. The number of rotatable bonds is 8. The zero-order valence-corrected chi connectivity index (χ0v) is 13.6. The fourth-order valence-electron chi connectivity index (χ4n) is 2.00.